The van der Waals surface area contributed by atoms with Crippen LogP contribution in [0.1, 0.15) is 39.5 Å². The second-order valence-electron chi connectivity index (χ2n) is 6.39. The Kier molecular flexibility index (Phi) is 5.46. The van der Waals surface area contributed by atoms with Gasteiger partial charge in [-0.05, 0) is 65.2 Å². The lowest BCUT2D eigenvalue weighted by atomic mass is 9.93. The second-order valence-corrected chi connectivity index (χ2v) is 6.39. The third kappa shape index (κ3) is 3.94. The van der Waals surface area contributed by atoms with Crippen LogP contribution in [0, 0.1) is 5.92 Å². The first-order valence-corrected chi connectivity index (χ1v) is 7.85. The van der Waals surface area contributed by atoms with Crippen LogP contribution in [0.15, 0.2) is 0 Å². The van der Waals surface area contributed by atoms with Gasteiger partial charge in [0.15, 0.2) is 0 Å². The molecule has 18 heavy (non-hydrogen) atoms. The van der Waals surface area contributed by atoms with E-state index in [-0.39, 0.29) is 0 Å². The zero-order valence-electron chi connectivity index (χ0n) is 12.5. The lowest BCUT2D eigenvalue weighted by Gasteiger charge is -2.39. The predicted octanol–water partition coefficient (Wildman–Crippen LogP) is 1.79. The minimum atomic E-state index is 0.721. The van der Waals surface area contributed by atoms with Gasteiger partial charge in [-0.25, -0.2) is 0 Å². The van der Waals surface area contributed by atoms with Crippen LogP contribution in [0.4, 0.5) is 0 Å². The molecule has 2 unspecified atom stereocenters. The van der Waals surface area contributed by atoms with Gasteiger partial charge in [0.25, 0.3) is 0 Å². The Bertz CT molecular complexity index is 236. The van der Waals surface area contributed by atoms with E-state index in [1.54, 1.807) is 0 Å². The molecule has 0 aromatic rings. The number of piperidine rings is 1. The zero-order chi connectivity index (χ0) is 13.0. The molecule has 0 amide bonds. The lowest BCUT2D eigenvalue weighted by molar-refractivity contribution is 0.120. The number of piperazine rings is 1. The summed E-state index contributed by atoms with van der Waals surface area (Å²) in [6.07, 6.45) is 5.49. The summed E-state index contributed by atoms with van der Waals surface area (Å²) in [5, 5.41) is 3.64. The molecule has 2 atom stereocenters. The van der Waals surface area contributed by atoms with E-state index in [0.717, 1.165) is 18.0 Å². The largest absolute Gasteiger partial charge is 0.311 e. The van der Waals surface area contributed by atoms with E-state index in [1.807, 2.05) is 0 Å². The molecular weight excluding hydrogens is 222 g/mol. The Labute approximate surface area is 113 Å². The quantitative estimate of drug-likeness (QED) is 0.824. The van der Waals surface area contributed by atoms with Crippen molar-refractivity contribution in [1.29, 1.82) is 0 Å². The average Bonchev–Trinajstić information content (AvgIpc) is 2.40. The SMILES string of the molecule is CCC1CN(CCC2CCN(C)CC2)C(C)CN1. The Hall–Kier alpha value is -0.120. The number of rotatable bonds is 4. The third-order valence-corrected chi connectivity index (χ3v) is 4.94. The molecule has 2 saturated heterocycles. The predicted molar refractivity (Wildman–Crippen MR) is 78.0 cm³/mol. The topological polar surface area (TPSA) is 18.5 Å². The third-order valence-electron chi connectivity index (χ3n) is 4.94. The van der Waals surface area contributed by atoms with E-state index in [1.165, 1.54) is 58.4 Å². The summed E-state index contributed by atoms with van der Waals surface area (Å²) < 4.78 is 0. The van der Waals surface area contributed by atoms with Crippen LogP contribution in [0.3, 0.4) is 0 Å². The fourth-order valence-electron chi connectivity index (χ4n) is 3.28. The molecule has 3 heteroatoms. The molecule has 2 aliphatic heterocycles. The second kappa shape index (κ2) is 6.88. The van der Waals surface area contributed by atoms with Crippen molar-refractivity contribution < 1.29 is 0 Å². The van der Waals surface area contributed by atoms with Gasteiger partial charge in [0, 0.05) is 25.2 Å². The Balaban J connectivity index is 1.71. The maximum absolute atomic E-state index is 3.64. The van der Waals surface area contributed by atoms with Crippen LogP contribution in [0.5, 0.6) is 0 Å². The van der Waals surface area contributed by atoms with Crippen molar-refractivity contribution in [2.24, 2.45) is 5.92 Å². The van der Waals surface area contributed by atoms with Gasteiger partial charge in [0.1, 0.15) is 0 Å². The van der Waals surface area contributed by atoms with Crippen LogP contribution in [0.2, 0.25) is 0 Å². The van der Waals surface area contributed by atoms with Gasteiger partial charge in [-0.3, -0.25) is 4.90 Å². The Morgan fingerprint density at radius 2 is 1.94 bits per heavy atom. The maximum Gasteiger partial charge on any atom is 0.0193 e. The molecule has 1 N–H and O–H groups in total. The zero-order valence-corrected chi connectivity index (χ0v) is 12.5. The van der Waals surface area contributed by atoms with E-state index >= 15 is 0 Å². The summed E-state index contributed by atoms with van der Waals surface area (Å²) in [6, 6.07) is 1.44. The van der Waals surface area contributed by atoms with Crippen LogP contribution >= 0.6 is 0 Å². The van der Waals surface area contributed by atoms with Crippen LogP contribution < -0.4 is 5.32 Å². The molecular formula is C15H31N3. The number of hydrogen-bond acceptors (Lipinski definition) is 3. The summed E-state index contributed by atoms with van der Waals surface area (Å²) in [4.78, 5) is 5.18. The van der Waals surface area contributed by atoms with Crippen molar-refractivity contribution in [2.45, 2.75) is 51.6 Å². The first-order valence-electron chi connectivity index (χ1n) is 7.85. The van der Waals surface area contributed by atoms with E-state index < -0.39 is 0 Å². The number of nitrogens with zero attached hydrogens (tertiary/aromatic N) is 2. The standard InChI is InChI=1S/C15H31N3/c1-4-15-12-18(13(2)11-16-15)10-7-14-5-8-17(3)9-6-14/h13-16H,4-12H2,1-3H3. The molecule has 0 spiro atoms. The Morgan fingerprint density at radius 3 is 2.61 bits per heavy atom. The first kappa shape index (κ1) is 14.3. The molecule has 2 heterocycles. The molecule has 0 bridgehead atoms. The molecule has 0 saturated carbocycles. The van der Waals surface area contributed by atoms with Crippen molar-refractivity contribution in [3.63, 3.8) is 0 Å². The number of hydrogen-bond donors (Lipinski definition) is 1. The molecule has 3 nitrogen and oxygen atoms in total. The van der Waals surface area contributed by atoms with Crippen molar-refractivity contribution in [3.05, 3.63) is 0 Å². The van der Waals surface area contributed by atoms with Crippen LogP contribution in [-0.2, 0) is 0 Å². The van der Waals surface area contributed by atoms with Crippen molar-refractivity contribution in [3.8, 4) is 0 Å². The molecule has 2 rings (SSSR count). The summed E-state index contributed by atoms with van der Waals surface area (Å²) >= 11 is 0. The minimum Gasteiger partial charge on any atom is -0.311 e. The van der Waals surface area contributed by atoms with E-state index in [9.17, 15) is 0 Å². The number of nitrogens with one attached hydrogen (secondary N) is 1. The molecule has 0 aromatic carbocycles. The number of likely N-dealkylation sites (tertiary alicyclic amines) is 1. The highest BCUT2D eigenvalue weighted by Gasteiger charge is 2.25. The summed E-state index contributed by atoms with van der Waals surface area (Å²) in [5.74, 6) is 0.975. The summed E-state index contributed by atoms with van der Waals surface area (Å²) in [6.45, 7) is 11.0. The summed E-state index contributed by atoms with van der Waals surface area (Å²) in [5.41, 5.74) is 0. The average molecular weight is 253 g/mol. The van der Waals surface area contributed by atoms with Gasteiger partial charge in [-0.15, -0.1) is 0 Å². The fourth-order valence-corrected chi connectivity index (χ4v) is 3.28. The van der Waals surface area contributed by atoms with Gasteiger partial charge in [0.05, 0.1) is 0 Å². The highest BCUT2D eigenvalue weighted by atomic mass is 15.2. The van der Waals surface area contributed by atoms with Gasteiger partial charge >= 0.3 is 0 Å². The summed E-state index contributed by atoms with van der Waals surface area (Å²) in [7, 11) is 2.25. The first-order chi connectivity index (χ1) is 8.69. The fraction of sp³-hybridized carbons (Fsp3) is 1.00. The molecule has 2 aliphatic rings. The molecule has 2 fully saturated rings. The van der Waals surface area contributed by atoms with Gasteiger partial charge in [-0.1, -0.05) is 6.92 Å². The molecule has 0 aromatic heterocycles. The maximum atomic E-state index is 3.64. The van der Waals surface area contributed by atoms with E-state index in [0.29, 0.717) is 0 Å². The van der Waals surface area contributed by atoms with E-state index in [4.69, 9.17) is 0 Å². The molecule has 106 valence electrons. The lowest BCUT2D eigenvalue weighted by Crippen LogP contribution is -2.55. The smallest absolute Gasteiger partial charge is 0.0193 e. The van der Waals surface area contributed by atoms with Gasteiger partial charge in [0.2, 0.25) is 0 Å². The van der Waals surface area contributed by atoms with Crippen molar-refractivity contribution in [1.82, 2.24) is 15.1 Å². The van der Waals surface area contributed by atoms with Gasteiger partial charge in [-0.2, -0.15) is 0 Å². The highest BCUT2D eigenvalue weighted by molar-refractivity contribution is 4.83. The Morgan fingerprint density at radius 1 is 1.22 bits per heavy atom. The molecule has 0 aliphatic carbocycles. The highest BCUT2D eigenvalue weighted by Crippen LogP contribution is 2.21. The van der Waals surface area contributed by atoms with Crippen molar-refractivity contribution in [2.75, 3.05) is 39.8 Å². The van der Waals surface area contributed by atoms with Crippen LogP contribution in [-0.4, -0.2) is 61.7 Å². The minimum absolute atomic E-state index is 0.721. The van der Waals surface area contributed by atoms with Gasteiger partial charge < -0.3 is 10.2 Å². The molecule has 0 radical (unpaired) electrons. The normalized spacial score (nSPS) is 32.8. The van der Waals surface area contributed by atoms with E-state index in [2.05, 4.69) is 36.0 Å². The van der Waals surface area contributed by atoms with Crippen molar-refractivity contribution >= 4 is 0 Å². The monoisotopic (exact) mass is 253 g/mol. The van der Waals surface area contributed by atoms with Crippen LogP contribution in [0.25, 0.3) is 0 Å².